The number of aryl methyl sites for hydroxylation is 1. The Labute approximate surface area is 118 Å². The van der Waals surface area contributed by atoms with Crippen molar-refractivity contribution in [1.82, 2.24) is 10.2 Å². The molecule has 0 aromatic heterocycles. The lowest BCUT2D eigenvalue weighted by molar-refractivity contribution is -0.132. The van der Waals surface area contributed by atoms with Gasteiger partial charge in [0.15, 0.2) is 11.6 Å². The maximum Gasteiger partial charge on any atom is 0.222 e. The van der Waals surface area contributed by atoms with Crippen LogP contribution in [-0.2, 0) is 11.2 Å². The van der Waals surface area contributed by atoms with Crippen molar-refractivity contribution in [2.24, 2.45) is 0 Å². The Morgan fingerprint density at radius 2 is 2.05 bits per heavy atom. The first-order chi connectivity index (χ1) is 9.61. The van der Waals surface area contributed by atoms with Crippen LogP contribution in [0.25, 0.3) is 0 Å². The molecule has 2 rings (SSSR count). The Balaban J connectivity index is 1.85. The van der Waals surface area contributed by atoms with Crippen LogP contribution >= 0.6 is 0 Å². The third kappa shape index (κ3) is 3.54. The molecular weight excluding hydrogens is 262 g/mol. The lowest BCUT2D eigenvalue weighted by atomic mass is 10.0. The van der Waals surface area contributed by atoms with Gasteiger partial charge >= 0.3 is 0 Å². The molecule has 0 unspecified atom stereocenters. The molecule has 1 aliphatic rings. The van der Waals surface area contributed by atoms with Gasteiger partial charge in [0.1, 0.15) is 0 Å². The number of halogens is 2. The highest BCUT2D eigenvalue weighted by Gasteiger charge is 2.21. The molecule has 110 valence electrons. The van der Waals surface area contributed by atoms with Gasteiger partial charge in [-0.05, 0) is 37.9 Å². The molecule has 1 amide bonds. The maximum atomic E-state index is 13.5. The van der Waals surface area contributed by atoms with E-state index in [0.717, 1.165) is 32.0 Å². The summed E-state index contributed by atoms with van der Waals surface area (Å²) in [4.78, 5) is 13.9. The van der Waals surface area contributed by atoms with Crippen molar-refractivity contribution in [2.75, 3.05) is 20.1 Å². The maximum absolute atomic E-state index is 13.5. The third-order valence-electron chi connectivity index (χ3n) is 3.90. The molecule has 5 heteroatoms. The number of hydrogen-bond acceptors (Lipinski definition) is 2. The van der Waals surface area contributed by atoms with Gasteiger partial charge in [-0.3, -0.25) is 4.79 Å². The summed E-state index contributed by atoms with van der Waals surface area (Å²) >= 11 is 0. The van der Waals surface area contributed by atoms with Gasteiger partial charge in [0.2, 0.25) is 5.91 Å². The Hall–Kier alpha value is -1.49. The second-order valence-electron chi connectivity index (χ2n) is 5.16. The van der Waals surface area contributed by atoms with Crippen LogP contribution in [0.4, 0.5) is 8.78 Å². The van der Waals surface area contributed by atoms with E-state index in [0.29, 0.717) is 6.04 Å². The van der Waals surface area contributed by atoms with Gasteiger partial charge in [-0.2, -0.15) is 0 Å². The Bertz CT molecular complexity index is 471. The number of amides is 1. The molecule has 0 saturated carbocycles. The van der Waals surface area contributed by atoms with Crippen molar-refractivity contribution in [1.29, 1.82) is 0 Å². The van der Waals surface area contributed by atoms with Crippen LogP contribution in [0, 0.1) is 11.6 Å². The predicted molar refractivity (Wildman–Crippen MR) is 73.3 cm³/mol. The van der Waals surface area contributed by atoms with Crippen LogP contribution < -0.4 is 5.32 Å². The highest BCUT2D eigenvalue weighted by atomic mass is 19.2. The molecule has 20 heavy (non-hydrogen) atoms. The monoisotopic (exact) mass is 282 g/mol. The Morgan fingerprint density at radius 3 is 2.70 bits per heavy atom. The summed E-state index contributed by atoms with van der Waals surface area (Å²) in [5.41, 5.74) is 0.267. The normalized spacial score (nSPS) is 16.4. The van der Waals surface area contributed by atoms with E-state index in [-0.39, 0.29) is 24.3 Å². The Kier molecular flexibility index (Phi) is 5.06. The molecule has 1 heterocycles. The van der Waals surface area contributed by atoms with Gasteiger partial charge < -0.3 is 10.2 Å². The summed E-state index contributed by atoms with van der Waals surface area (Å²) < 4.78 is 26.5. The quantitative estimate of drug-likeness (QED) is 0.917. The summed E-state index contributed by atoms with van der Waals surface area (Å²) in [5.74, 6) is -1.68. The van der Waals surface area contributed by atoms with Crippen LogP contribution in [-0.4, -0.2) is 37.0 Å². The molecule has 1 saturated heterocycles. The number of piperidine rings is 1. The average Bonchev–Trinajstić information content (AvgIpc) is 2.48. The molecule has 0 atom stereocenters. The predicted octanol–water partition coefficient (Wildman–Crippen LogP) is 2.11. The summed E-state index contributed by atoms with van der Waals surface area (Å²) in [5, 5.41) is 3.21. The zero-order valence-corrected chi connectivity index (χ0v) is 11.7. The number of likely N-dealkylation sites (tertiary alicyclic amines) is 1. The molecule has 0 aliphatic carbocycles. The largest absolute Gasteiger partial charge is 0.343 e. The minimum atomic E-state index is -0.857. The first-order valence-electron chi connectivity index (χ1n) is 6.99. The van der Waals surface area contributed by atoms with Crippen molar-refractivity contribution in [2.45, 2.75) is 31.7 Å². The van der Waals surface area contributed by atoms with Gasteiger partial charge in [-0.1, -0.05) is 12.1 Å². The lowest BCUT2D eigenvalue weighted by Crippen LogP contribution is -2.44. The van der Waals surface area contributed by atoms with Gasteiger partial charge in [0, 0.05) is 25.6 Å². The molecule has 1 N–H and O–H groups in total. The second kappa shape index (κ2) is 6.79. The zero-order valence-electron chi connectivity index (χ0n) is 11.7. The standard InChI is InChI=1S/C15H20F2N2O/c1-18-12-7-9-19(10-8-12)14(20)6-5-11-3-2-4-13(16)15(11)17/h2-4,12,18H,5-10H2,1H3. The van der Waals surface area contributed by atoms with Gasteiger partial charge in [0.25, 0.3) is 0 Å². The van der Waals surface area contributed by atoms with E-state index in [9.17, 15) is 13.6 Å². The van der Waals surface area contributed by atoms with E-state index in [1.54, 1.807) is 0 Å². The number of nitrogens with zero attached hydrogens (tertiary/aromatic N) is 1. The van der Waals surface area contributed by atoms with E-state index >= 15 is 0 Å². The van der Waals surface area contributed by atoms with Crippen LogP contribution in [0.5, 0.6) is 0 Å². The van der Waals surface area contributed by atoms with Crippen molar-refractivity contribution in [3.63, 3.8) is 0 Å². The molecule has 1 aromatic rings. The molecule has 0 radical (unpaired) electrons. The minimum Gasteiger partial charge on any atom is -0.343 e. The second-order valence-corrected chi connectivity index (χ2v) is 5.16. The lowest BCUT2D eigenvalue weighted by Gasteiger charge is -2.31. The SMILES string of the molecule is CNC1CCN(C(=O)CCc2cccc(F)c2F)CC1. The van der Waals surface area contributed by atoms with E-state index in [1.807, 2.05) is 11.9 Å². The molecular formula is C15H20F2N2O. The van der Waals surface area contributed by atoms with Crippen LogP contribution in [0.15, 0.2) is 18.2 Å². The number of carbonyl (C=O) groups excluding carboxylic acids is 1. The summed E-state index contributed by atoms with van der Waals surface area (Å²) in [6.45, 7) is 1.46. The molecule has 1 fully saturated rings. The van der Waals surface area contributed by atoms with Gasteiger partial charge in [-0.15, -0.1) is 0 Å². The number of carbonyl (C=O) groups is 1. The first-order valence-corrected chi connectivity index (χ1v) is 6.99. The smallest absolute Gasteiger partial charge is 0.222 e. The minimum absolute atomic E-state index is 0.0169. The fourth-order valence-corrected chi connectivity index (χ4v) is 2.56. The molecule has 1 aliphatic heterocycles. The molecule has 3 nitrogen and oxygen atoms in total. The van der Waals surface area contributed by atoms with Gasteiger partial charge in [0.05, 0.1) is 0 Å². The van der Waals surface area contributed by atoms with E-state index in [4.69, 9.17) is 0 Å². The Morgan fingerprint density at radius 1 is 1.35 bits per heavy atom. The average molecular weight is 282 g/mol. The summed E-state index contributed by atoms with van der Waals surface area (Å²) in [7, 11) is 1.93. The molecule has 0 bridgehead atoms. The molecule has 1 aromatic carbocycles. The molecule has 0 spiro atoms. The van der Waals surface area contributed by atoms with E-state index in [2.05, 4.69) is 5.32 Å². The van der Waals surface area contributed by atoms with Crippen LogP contribution in [0.2, 0.25) is 0 Å². The van der Waals surface area contributed by atoms with Crippen molar-refractivity contribution in [3.05, 3.63) is 35.4 Å². The fraction of sp³-hybridized carbons (Fsp3) is 0.533. The van der Waals surface area contributed by atoms with Crippen molar-refractivity contribution in [3.8, 4) is 0 Å². The summed E-state index contributed by atoms with van der Waals surface area (Å²) in [6.07, 6.45) is 2.35. The highest BCUT2D eigenvalue weighted by molar-refractivity contribution is 5.76. The van der Waals surface area contributed by atoms with E-state index < -0.39 is 11.6 Å². The number of nitrogens with one attached hydrogen (secondary N) is 1. The van der Waals surface area contributed by atoms with E-state index in [1.165, 1.54) is 12.1 Å². The number of hydrogen-bond donors (Lipinski definition) is 1. The van der Waals surface area contributed by atoms with Crippen molar-refractivity contribution >= 4 is 5.91 Å². The fourth-order valence-electron chi connectivity index (χ4n) is 2.56. The number of rotatable bonds is 4. The van der Waals surface area contributed by atoms with Crippen LogP contribution in [0.1, 0.15) is 24.8 Å². The van der Waals surface area contributed by atoms with Crippen molar-refractivity contribution < 1.29 is 13.6 Å². The van der Waals surface area contributed by atoms with Crippen LogP contribution in [0.3, 0.4) is 0 Å². The summed E-state index contributed by atoms with van der Waals surface area (Å²) in [6, 6.07) is 4.55. The topological polar surface area (TPSA) is 32.3 Å². The third-order valence-corrected chi connectivity index (χ3v) is 3.90. The highest BCUT2D eigenvalue weighted by Crippen LogP contribution is 2.15. The first kappa shape index (κ1) is 14.9. The van der Waals surface area contributed by atoms with Gasteiger partial charge in [-0.25, -0.2) is 8.78 Å². The number of benzene rings is 1. The zero-order chi connectivity index (χ0) is 14.5.